The fourth-order valence-corrected chi connectivity index (χ4v) is 2.54. The van der Waals surface area contributed by atoms with E-state index in [1.165, 1.54) is 23.1 Å². The lowest BCUT2D eigenvalue weighted by molar-refractivity contribution is 0.710. The predicted molar refractivity (Wildman–Crippen MR) is 72.4 cm³/mol. The van der Waals surface area contributed by atoms with Gasteiger partial charge in [-0.05, 0) is 47.9 Å². The second-order valence-corrected chi connectivity index (χ2v) is 4.60. The van der Waals surface area contributed by atoms with Crippen molar-refractivity contribution >= 4 is 12.2 Å². The number of benzene rings is 1. The summed E-state index contributed by atoms with van der Waals surface area (Å²) in [5.41, 5.74) is 5.91. The molecule has 84 valence electrons. The molecule has 0 heterocycles. The normalized spacial score (nSPS) is 19.1. The molecule has 2 rings (SSSR count). The molecule has 0 fully saturated rings. The monoisotopic (exact) mass is 212 g/mol. The zero-order valence-corrected chi connectivity index (χ0v) is 10.5. The van der Waals surface area contributed by atoms with Crippen molar-refractivity contribution in [1.82, 2.24) is 0 Å². The highest BCUT2D eigenvalue weighted by molar-refractivity contribution is 5.65. The predicted octanol–water partition coefficient (Wildman–Crippen LogP) is 4.49. The third-order valence-corrected chi connectivity index (χ3v) is 3.33. The van der Waals surface area contributed by atoms with Gasteiger partial charge in [-0.1, -0.05) is 50.3 Å². The molecule has 0 spiro atoms. The molecule has 16 heavy (non-hydrogen) atoms. The van der Waals surface area contributed by atoms with E-state index < -0.39 is 0 Å². The van der Waals surface area contributed by atoms with Crippen molar-refractivity contribution in [2.45, 2.75) is 33.6 Å². The van der Waals surface area contributed by atoms with Crippen LogP contribution in [-0.2, 0) is 12.8 Å². The molecule has 0 aromatic heterocycles. The summed E-state index contributed by atoms with van der Waals surface area (Å²) < 4.78 is 0. The molecule has 1 aromatic rings. The summed E-state index contributed by atoms with van der Waals surface area (Å²) in [6, 6.07) is 4.50. The van der Waals surface area contributed by atoms with Crippen LogP contribution in [0.15, 0.2) is 24.3 Å². The number of hydrogen-bond acceptors (Lipinski definition) is 0. The van der Waals surface area contributed by atoms with Gasteiger partial charge in [0.25, 0.3) is 0 Å². The van der Waals surface area contributed by atoms with Crippen molar-refractivity contribution in [1.29, 1.82) is 0 Å². The largest absolute Gasteiger partial charge is 0.0871 e. The van der Waals surface area contributed by atoms with Crippen molar-refractivity contribution in [2.24, 2.45) is 5.92 Å². The summed E-state index contributed by atoms with van der Waals surface area (Å²) >= 11 is 0. The van der Waals surface area contributed by atoms with Gasteiger partial charge in [0, 0.05) is 0 Å². The zero-order chi connectivity index (χ0) is 11.5. The molecule has 0 radical (unpaired) electrons. The van der Waals surface area contributed by atoms with Crippen LogP contribution in [0.25, 0.3) is 12.2 Å². The quantitative estimate of drug-likeness (QED) is 0.677. The first-order valence-corrected chi connectivity index (χ1v) is 6.22. The standard InChI is InChI=1S/C16H20/c1-4-6-13-9-10-14-8-7-12(3)11-16(14)15(13)5-2/h4,6-10,12H,5,11H2,1-3H3/b6-4-/t12-/m0/s1. The van der Waals surface area contributed by atoms with Crippen LogP contribution in [0.4, 0.5) is 0 Å². The van der Waals surface area contributed by atoms with Crippen LogP contribution in [0.3, 0.4) is 0 Å². The number of rotatable bonds is 2. The molecule has 1 aromatic carbocycles. The van der Waals surface area contributed by atoms with Gasteiger partial charge in [0.05, 0.1) is 0 Å². The van der Waals surface area contributed by atoms with Crippen LogP contribution in [0.2, 0.25) is 0 Å². The maximum atomic E-state index is 2.32. The molecule has 1 atom stereocenters. The molecular weight excluding hydrogens is 192 g/mol. The minimum Gasteiger partial charge on any atom is -0.0871 e. The Bertz CT molecular complexity index is 436. The summed E-state index contributed by atoms with van der Waals surface area (Å²) in [7, 11) is 0. The first kappa shape index (κ1) is 11.2. The third-order valence-electron chi connectivity index (χ3n) is 3.33. The molecule has 0 aliphatic heterocycles. The van der Waals surface area contributed by atoms with Gasteiger partial charge < -0.3 is 0 Å². The molecule has 0 amide bonds. The van der Waals surface area contributed by atoms with E-state index in [2.05, 4.69) is 57.2 Å². The van der Waals surface area contributed by atoms with E-state index in [9.17, 15) is 0 Å². The molecule has 0 bridgehead atoms. The number of allylic oxidation sites excluding steroid dienone is 2. The van der Waals surface area contributed by atoms with E-state index in [-0.39, 0.29) is 0 Å². The third kappa shape index (κ3) is 1.97. The second kappa shape index (κ2) is 4.69. The highest BCUT2D eigenvalue weighted by Crippen LogP contribution is 2.29. The average molecular weight is 212 g/mol. The fraction of sp³-hybridized carbons (Fsp3) is 0.375. The molecule has 0 N–H and O–H groups in total. The van der Waals surface area contributed by atoms with Crippen molar-refractivity contribution in [3.8, 4) is 0 Å². The SMILES string of the molecule is C/C=C\c1ccc2c(c1CC)C[C@@H](C)C=C2. The van der Waals surface area contributed by atoms with E-state index in [0.29, 0.717) is 5.92 Å². The minimum absolute atomic E-state index is 0.679. The molecule has 0 nitrogen and oxygen atoms in total. The van der Waals surface area contributed by atoms with Crippen LogP contribution in [0, 0.1) is 5.92 Å². The smallest absolute Gasteiger partial charge is 0.0209 e. The lowest BCUT2D eigenvalue weighted by Gasteiger charge is -2.20. The van der Waals surface area contributed by atoms with Crippen LogP contribution < -0.4 is 0 Å². The van der Waals surface area contributed by atoms with Gasteiger partial charge in [-0.3, -0.25) is 0 Å². The van der Waals surface area contributed by atoms with Crippen molar-refractivity contribution < 1.29 is 0 Å². The molecule has 1 aliphatic carbocycles. The maximum absolute atomic E-state index is 2.32. The van der Waals surface area contributed by atoms with Gasteiger partial charge in [-0.2, -0.15) is 0 Å². The second-order valence-electron chi connectivity index (χ2n) is 4.60. The highest BCUT2D eigenvalue weighted by Gasteiger charge is 2.14. The molecule has 0 saturated heterocycles. The fourth-order valence-electron chi connectivity index (χ4n) is 2.54. The van der Waals surface area contributed by atoms with Crippen LogP contribution >= 0.6 is 0 Å². The van der Waals surface area contributed by atoms with Crippen LogP contribution in [0.1, 0.15) is 43.0 Å². The Labute approximate surface area is 98.7 Å². The Morgan fingerprint density at radius 2 is 2.19 bits per heavy atom. The highest BCUT2D eigenvalue weighted by atomic mass is 14.2. The summed E-state index contributed by atoms with van der Waals surface area (Å²) in [5.74, 6) is 0.679. The lowest BCUT2D eigenvalue weighted by Crippen LogP contribution is -2.07. The van der Waals surface area contributed by atoms with E-state index in [0.717, 1.165) is 6.42 Å². The minimum atomic E-state index is 0.679. The van der Waals surface area contributed by atoms with Gasteiger partial charge in [0.1, 0.15) is 0 Å². The topological polar surface area (TPSA) is 0 Å². The molecule has 0 heteroatoms. The van der Waals surface area contributed by atoms with E-state index in [1.54, 1.807) is 5.56 Å². The summed E-state index contributed by atoms with van der Waals surface area (Å²) in [6.45, 7) is 6.63. The average Bonchev–Trinajstić information content (AvgIpc) is 2.29. The van der Waals surface area contributed by atoms with Crippen molar-refractivity contribution in [3.63, 3.8) is 0 Å². The Balaban J connectivity index is 2.56. The van der Waals surface area contributed by atoms with Gasteiger partial charge in [0.15, 0.2) is 0 Å². The first-order chi connectivity index (χ1) is 7.76. The molecular formula is C16H20. The van der Waals surface area contributed by atoms with Crippen molar-refractivity contribution in [2.75, 3.05) is 0 Å². The Kier molecular flexibility index (Phi) is 3.28. The lowest BCUT2D eigenvalue weighted by atomic mass is 9.84. The van der Waals surface area contributed by atoms with Crippen LogP contribution in [-0.4, -0.2) is 0 Å². The Morgan fingerprint density at radius 3 is 2.88 bits per heavy atom. The van der Waals surface area contributed by atoms with Crippen LogP contribution in [0.5, 0.6) is 0 Å². The van der Waals surface area contributed by atoms with E-state index >= 15 is 0 Å². The number of fused-ring (bicyclic) bond motifs is 1. The van der Waals surface area contributed by atoms with Gasteiger partial charge in [-0.15, -0.1) is 0 Å². The summed E-state index contributed by atoms with van der Waals surface area (Å²) in [4.78, 5) is 0. The Morgan fingerprint density at radius 1 is 1.38 bits per heavy atom. The van der Waals surface area contributed by atoms with E-state index in [4.69, 9.17) is 0 Å². The molecule has 0 unspecified atom stereocenters. The van der Waals surface area contributed by atoms with Gasteiger partial charge in [-0.25, -0.2) is 0 Å². The van der Waals surface area contributed by atoms with Gasteiger partial charge in [0.2, 0.25) is 0 Å². The van der Waals surface area contributed by atoms with Gasteiger partial charge >= 0.3 is 0 Å². The Hall–Kier alpha value is -1.30. The summed E-state index contributed by atoms with van der Waals surface area (Å²) in [6.07, 6.45) is 11.3. The number of hydrogen-bond donors (Lipinski definition) is 0. The summed E-state index contributed by atoms with van der Waals surface area (Å²) in [5, 5.41) is 0. The van der Waals surface area contributed by atoms with Crippen molar-refractivity contribution in [3.05, 3.63) is 46.5 Å². The maximum Gasteiger partial charge on any atom is -0.0209 e. The zero-order valence-electron chi connectivity index (χ0n) is 10.5. The molecule has 1 aliphatic rings. The first-order valence-electron chi connectivity index (χ1n) is 6.22. The van der Waals surface area contributed by atoms with E-state index in [1.807, 2.05) is 0 Å². The molecule has 0 saturated carbocycles.